The van der Waals surface area contributed by atoms with Crippen molar-refractivity contribution < 1.29 is 9.47 Å². The summed E-state index contributed by atoms with van der Waals surface area (Å²) in [5.41, 5.74) is 0.192. The lowest BCUT2D eigenvalue weighted by Gasteiger charge is -2.30. The third-order valence-corrected chi connectivity index (χ3v) is 2.01. The predicted molar refractivity (Wildman–Crippen MR) is 69.8 cm³/mol. The van der Waals surface area contributed by atoms with Gasteiger partial charge in [0.25, 0.3) is 0 Å². The molecular weight excluding hydrogens is 200 g/mol. The van der Waals surface area contributed by atoms with Gasteiger partial charge in [-0.2, -0.15) is 0 Å². The maximum absolute atomic E-state index is 5.90. The van der Waals surface area contributed by atoms with E-state index in [2.05, 4.69) is 55.4 Å². The van der Waals surface area contributed by atoms with Crippen molar-refractivity contribution in [3.8, 4) is 0 Å². The maximum Gasteiger partial charge on any atom is 0.0817 e. The molecule has 0 radical (unpaired) electrons. The molecule has 0 N–H and O–H groups in total. The lowest BCUT2D eigenvalue weighted by Crippen LogP contribution is -2.32. The largest absolute Gasteiger partial charge is 0.373 e. The number of hydrogen-bond donors (Lipinski definition) is 0. The molecule has 0 aliphatic rings. The average molecular weight is 230 g/mol. The van der Waals surface area contributed by atoms with Crippen molar-refractivity contribution in [3.05, 3.63) is 0 Å². The second-order valence-electron chi connectivity index (χ2n) is 7.00. The van der Waals surface area contributed by atoms with Crippen LogP contribution in [0.15, 0.2) is 0 Å². The molecule has 98 valence electrons. The molecule has 0 aromatic carbocycles. The molecule has 2 nitrogen and oxygen atoms in total. The van der Waals surface area contributed by atoms with E-state index in [1.807, 2.05) is 0 Å². The van der Waals surface area contributed by atoms with Gasteiger partial charge in [0.2, 0.25) is 0 Å². The summed E-state index contributed by atoms with van der Waals surface area (Å²) < 4.78 is 11.7. The van der Waals surface area contributed by atoms with Crippen molar-refractivity contribution in [1.82, 2.24) is 0 Å². The van der Waals surface area contributed by atoms with Gasteiger partial charge in [0.15, 0.2) is 0 Å². The van der Waals surface area contributed by atoms with Crippen molar-refractivity contribution in [2.24, 2.45) is 5.41 Å². The van der Waals surface area contributed by atoms with E-state index in [9.17, 15) is 0 Å². The molecule has 0 aromatic heterocycles. The summed E-state index contributed by atoms with van der Waals surface area (Å²) in [6.45, 7) is 17.8. The SMILES string of the molecule is CC(C)OC(COC(C)(C)C)CC(C)(C)C. The molecule has 1 atom stereocenters. The van der Waals surface area contributed by atoms with E-state index >= 15 is 0 Å². The monoisotopic (exact) mass is 230 g/mol. The Morgan fingerprint density at radius 2 is 1.44 bits per heavy atom. The zero-order chi connectivity index (χ0) is 13.0. The quantitative estimate of drug-likeness (QED) is 0.710. The number of hydrogen-bond acceptors (Lipinski definition) is 2. The van der Waals surface area contributed by atoms with Gasteiger partial charge in [0, 0.05) is 0 Å². The van der Waals surface area contributed by atoms with Crippen LogP contribution in [0.25, 0.3) is 0 Å². The predicted octanol–water partition coefficient (Wildman–Crippen LogP) is 4.03. The standard InChI is InChI=1S/C14H30O2/c1-11(2)16-12(9-13(3,4)5)10-15-14(6,7)8/h11-12H,9-10H2,1-8H3. The Balaban J connectivity index is 4.22. The van der Waals surface area contributed by atoms with Crippen LogP contribution >= 0.6 is 0 Å². The van der Waals surface area contributed by atoms with Gasteiger partial charge < -0.3 is 9.47 Å². The molecular formula is C14H30O2. The Morgan fingerprint density at radius 3 is 1.75 bits per heavy atom. The molecule has 0 bridgehead atoms. The highest BCUT2D eigenvalue weighted by Crippen LogP contribution is 2.24. The van der Waals surface area contributed by atoms with Crippen molar-refractivity contribution in [2.45, 2.75) is 79.6 Å². The Bertz CT molecular complexity index is 184. The van der Waals surface area contributed by atoms with E-state index in [1.165, 1.54) is 0 Å². The lowest BCUT2D eigenvalue weighted by atomic mass is 9.89. The summed E-state index contributed by atoms with van der Waals surface area (Å²) in [5.74, 6) is 0. The van der Waals surface area contributed by atoms with E-state index < -0.39 is 0 Å². The van der Waals surface area contributed by atoms with Crippen LogP contribution in [-0.4, -0.2) is 24.4 Å². The first-order chi connectivity index (χ1) is 6.99. The third kappa shape index (κ3) is 10.4. The first-order valence-corrected chi connectivity index (χ1v) is 6.29. The van der Waals surface area contributed by atoms with Gasteiger partial charge >= 0.3 is 0 Å². The van der Waals surface area contributed by atoms with Crippen LogP contribution in [0.2, 0.25) is 0 Å². The summed E-state index contributed by atoms with van der Waals surface area (Å²) in [6, 6.07) is 0. The smallest absolute Gasteiger partial charge is 0.0817 e. The fraction of sp³-hybridized carbons (Fsp3) is 1.00. The number of ether oxygens (including phenoxy) is 2. The molecule has 2 heteroatoms. The van der Waals surface area contributed by atoms with Gasteiger partial charge in [0.1, 0.15) is 0 Å². The van der Waals surface area contributed by atoms with E-state index in [0.29, 0.717) is 6.61 Å². The van der Waals surface area contributed by atoms with E-state index in [1.54, 1.807) is 0 Å². The summed E-state index contributed by atoms with van der Waals surface area (Å²) in [5, 5.41) is 0. The fourth-order valence-electron chi connectivity index (χ4n) is 1.56. The zero-order valence-electron chi connectivity index (χ0n) is 12.4. The molecule has 0 saturated carbocycles. The summed E-state index contributed by atoms with van der Waals surface area (Å²) in [6.07, 6.45) is 1.48. The molecule has 0 heterocycles. The highest BCUT2D eigenvalue weighted by Gasteiger charge is 2.22. The van der Waals surface area contributed by atoms with Gasteiger partial charge in [-0.1, -0.05) is 20.8 Å². The molecule has 0 saturated heterocycles. The van der Waals surface area contributed by atoms with E-state index in [4.69, 9.17) is 9.47 Å². The molecule has 0 aliphatic heterocycles. The summed E-state index contributed by atoms with van der Waals surface area (Å²) in [7, 11) is 0. The van der Waals surface area contributed by atoms with Crippen LogP contribution in [0.3, 0.4) is 0 Å². The molecule has 0 spiro atoms. The van der Waals surface area contributed by atoms with Crippen molar-refractivity contribution >= 4 is 0 Å². The van der Waals surface area contributed by atoms with Crippen LogP contribution in [-0.2, 0) is 9.47 Å². The topological polar surface area (TPSA) is 18.5 Å². The molecule has 16 heavy (non-hydrogen) atoms. The number of rotatable bonds is 5. The first kappa shape index (κ1) is 15.9. The highest BCUT2D eigenvalue weighted by atomic mass is 16.5. The van der Waals surface area contributed by atoms with E-state index in [-0.39, 0.29) is 23.2 Å². The highest BCUT2D eigenvalue weighted by molar-refractivity contribution is 4.71. The molecule has 0 rings (SSSR count). The second kappa shape index (κ2) is 6.02. The fourth-order valence-corrected chi connectivity index (χ4v) is 1.56. The Morgan fingerprint density at radius 1 is 0.938 bits per heavy atom. The van der Waals surface area contributed by atoms with Crippen molar-refractivity contribution in [2.75, 3.05) is 6.61 Å². The summed E-state index contributed by atoms with van der Waals surface area (Å²) in [4.78, 5) is 0. The molecule has 0 aromatic rings. The maximum atomic E-state index is 5.90. The molecule has 0 aliphatic carbocycles. The minimum Gasteiger partial charge on any atom is -0.373 e. The Kier molecular flexibility index (Phi) is 5.99. The van der Waals surface area contributed by atoms with Gasteiger partial charge in [-0.05, 0) is 46.5 Å². The first-order valence-electron chi connectivity index (χ1n) is 6.29. The van der Waals surface area contributed by atoms with Gasteiger partial charge in [-0.15, -0.1) is 0 Å². The minimum atomic E-state index is -0.0868. The third-order valence-electron chi connectivity index (χ3n) is 2.01. The van der Waals surface area contributed by atoms with Crippen LogP contribution in [0, 0.1) is 5.41 Å². The second-order valence-corrected chi connectivity index (χ2v) is 7.00. The minimum absolute atomic E-state index is 0.0868. The van der Waals surface area contributed by atoms with Crippen molar-refractivity contribution in [3.63, 3.8) is 0 Å². The van der Waals surface area contributed by atoms with Gasteiger partial charge in [-0.3, -0.25) is 0 Å². The van der Waals surface area contributed by atoms with E-state index in [0.717, 1.165) is 6.42 Å². The van der Waals surface area contributed by atoms with Crippen molar-refractivity contribution in [1.29, 1.82) is 0 Å². The van der Waals surface area contributed by atoms with Crippen LogP contribution < -0.4 is 0 Å². The van der Waals surface area contributed by atoms with Crippen LogP contribution in [0.1, 0.15) is 61.8 Å². The summed E-state index contributed by atoms with van der Waals surface area (Å²) >= 11 is 0. The molecule has 0 fully saturated rings. The Labute approximate surface area is 102 Å². The average Bonchev–Trinajstić information content (AvgIpc) is 1.94. The Hall–Kier alpha value is -0.0800. The zero-order valence-corrected chi connectivity index (χ0v) is 12.4. The van der Waals surface area contributed by atoms with Gasteiger partial charge in [0.05, 0.1) is 24.4 Å². The van der Waals surface area contributed by atoms with Crippen LogP contribution in [0.4, 0.5) is 0 Å². The molecule has 1 unspecified atom stereocenters. The van der Waals surface area contributed by atoms with Gasteiger partial charge in [-0.25, -0.2) is 0 Å². The lowest BCUT2D eigenvalue weighted by molar-refractivity contribution is -0.0984. The van der Waals surface area contributed by atoms with Crippen LogP contribution in [0.5, 0.6) is 0 Å². The normalized spacial score (nSPS) is 15.6. The molecule has 0 amide bonds.